The molecular weight excluding hydrogens is 456 g/mol. The summed E-state index contributed by atoms with van der Waals surface area (Å²) < 4.78 is 5.56. The molecule has 0 saturated heterocycles. The lowest BCUT2D eigenvalue weighted by atomic mass is 9.59. The van der Waals surface area contributed by atoms with Gasteiger partial charge in [0.05, 0.1) is 5.41 Å². The summed E-state index contributed by atoms with van der Waals surface area (Å²) in [6.45, 7) is 10.0. The number of aliphatic hydroxyl groups excluding tert-OH is 2. The number of esters is 1. The first-order valence-electron chi connectivity index (χ1n) is 14.1. The molecule has 202 valence electrons. The molecule has 0 amide bonds. The van der Waals surface area contributed by atoms with Gasteiger partial charge >= 0.3 is 5.97 Å². The average molecular weight is 503 g/mol. The van der Waals surface area contributed by atoms with Gasteiger partial charge in [-0.25, -0.2) is 0 Å². The lowest BCUT2D eigenvalue weighted by molar-refractivity contribution is -0.190. The lowest BCUT2D eigenvalue weighted by Gasteiger charge is -2.48. The van der Waals surface area contributed by atoms with Gasteiger partial charge in [-0.15, -0.1) is 0 Å². The third kappa shape index (κ3) is 4.12. The van der Waals surface area contributed by atoms with Crippen molar-refractivity contribution >= 4 is 11.8 Å². The Hall–Kier alpha value is -1.50. The van der Waals surface area contributed by atoms with Gasteiger partial charge in [0.1, 0.15) is 24.4 Å². The van der Waals surface area contributed by atoms with Gasteiger partial charge in [0.15, 0.2) is 5.78 Å². The first-order valence-corrected chi connectivity index (χ1v) is 14.1. The van der Waals surface area contributed by atoms with Gasteiger partial charge < -0.3 is 20.1 Å². The molecular formula is C30H46O6. The largest absolute Gasteiger partial charge is 0.461 e. The summed E-state index contributed by atoms with van der Waals surface area (Å²) in [6, 6.07) is 0. The zero-order chi connectivity index (χ0) is 26.5. The topological polar surface area (TPSA) is 104 Å². The average Bonchev–Trinajstić information content (AvgIpc) is 3.33. The minimum absolute atomic E-state index is 0.0188. The molecule has 6 nitrogen and oxygen atoms in total. The summed E-state index contributed by atoms with van der Waals surface area (Å²) in [5, 5.41) is 34.7. The van der Waals surface area contributed by atoms with E-state index in [1.54, 1.807) is 19.1 Å². The number of aliphatic hydroxyl groups is 3. The maximum atomic E-state index is 14.2. The number of rotatable bonds is 10. The minimum atomic E-state index is -2.08. The van der Waals surface area contributed by atoms with E-state index in [0.29, 0.717) is 23.5 Å². The van der Waals surface area contributed by atoms with Crippen LogP contribution >= 0.6 is 0 Å². The summed E-state index contributed by atoms with van der Waals surface area (Å²) >= 11 is 0. The van der Waals surface area contributed by atoms with Crippen molar-refractivity contribution < 1.29 is 29.6 Å². The molecule has 6 heteroatoms. The Balaban J connectivity index is 1.52. The predicted molar refractivity (Wildman–Crippen MR) is 138 cm³/mol. The first-order chi connectivity index (χ1) is 16.9. The monoisotopic (exact) mass is 502 g/mol. The van der Waals surface area contributed by atoms with E-state index < -0.39 is 29.1 Å². The zero-order valence-corrected chi connectivity index (χ0v) is 22.8. The van der Waals surface area contributed by atoms with Crippen molar-refractivity contribution in [3.05, 3.63) is 23.3 Å². The number of carbonyl (C=O) groups is 2. The molecule has 36 heavy (non-hydrogen) atoms. The fourth-order valence-corrected chi connectivity index (χ4v) is 7.88. The van der Waals surface area contributed by atoms with Crippen molar-refractivity contribution in [1.29, 1.82) is 0 Å². The van der Waals surface area contributed by atoms with Crippen LogP contribution in [0.25, 0.3) is 0 Å². The molecule has 4 aliphatic carbocycles. The molecule has 4 aliphatic rings. The number of Topliss-reactive ketones (excluding diaryl/α,β-unsaturated/α-hetero) is 1. The SMILES string of the molecule is CCCCCCCCCC(=O)OCC1=C[C@H]2C(=O)[C@]3(C=C(C)[C@H](O)[C@@]3(O)[C@@H]1O)[C@H](C)C[C@@H]1[C@H]2C1(C)C. The summed E-state index contributed by atoms with van der Waals surface area (Å²) in [5.74, 6) is -0.785. The van der Waals surface area contributed by atoms with Crippen LogP contribution in [-0.4, -0.2) is 51.5 Å². The van der Waals surface area contributed by atoms with Crippen LogP contribution in [0.1, 0.15) is 92.4 Å². The van der Waals surface area contributed by atoms with Gasteiger partial charge in [-0.3, -0.25) is 9.59 Å². The fourth-order valence-electron chi connectivity index (χ4n) is 7.88. The van der Waals surface area contributed by atoms with Crippen LogP contribution in [0.15, 0.2) is 23.3 Å². The second kappa shape index (κ2) is 9.99. The molecule has 0 aromatic rings. The Morgan fingerprint density at radius 3 is 2.39 bits per heavy atom. The van der Waals surface area contributed by atoms with Crippen LogP contribution in [0.3, 0.4) is 0 Å². The van der Waals surface area contributed by atoms with E-state index >= 15 is 0 Å². The van der Waals surface area contributed by atoms with E-state index in [-0.39, 0.29) is 35.6 Å². The van der Waals surface area contributed by atoms with Crippen LogP contribution in [0.5, 0.6) is 0 Å². The van der Waals surface area contributed by atoms with Gasteiger partial charge in [-0.2, -0.15) is 0 Å². The highest BCUT2D eigenvalue weighted by molar-refractivity contribution is 5.95. The highest BCUT2D eigenvalue weighted by atomic mass is 16.5. The molecule has 0 aromatic heterocycles. The number of allylic oxidation sites excluding steroid dienone is 1. The maximum absolute atomic E-state index is 14.2. The zero-order valence-electron chi connectivity index (χ0n) is 22.8. The first kappa shape index (κ1) is 27.5. The van der Waals surface area contributed by atoms with Crippen LogP contribution in [0.4, 0.5) is 0 Å². The van der Waals surface area contributed by atoms with Gasteiger partial charge in [0, 0.05) is 12.3 Å². The smallest absolute Gasteiger partial charge is 0.306 e. The van der Waals surface area contributed by atoms with E-state index in [4.69, 9.17) is 4.74 Å². The standard InChI is InChI=1S/C30H46O6/c1-6-7-8-9-10-11-12-13-23(31)36-17-20-15-21-24-22(28(24,4)5)14-19(3)29(27(21)34)16-18(2)25(32)30(29,35)26(20)33/h15-16,19,21-22,24-26,32-33,35H,6-14,17H2,1-5H3/t19-,21-,22-,24+,25+,26-,29+,30-/m1/s1. The van der Waals surface area contributed by atoms with E-state index in [0.717, 1.165) is 25.7 Å². The van der Waals surface area contributed by atoms with E-state index in [1.165, 1.54) is 25.7 Å². The molecule has 0 heterocycles. The number of ketones is 1. The Kier molecular flexibility index (Phi) is 7.64. The minimum Gasteiger partial charge on any atom is -0.461 e. The molecule has 2 saturated carbocycles. The number of hydrogen-bond acceptors (Lipinski definition) is 6. The molecule has 8 atom stereocenters. The molecule has 4 rings (SSSR count). The van der Waals surface area contributed by atoms with E-state index in [1.807, 2.05) is 6.92 Å². The number of carbonyl (C=O) groups excluding carboxylic acids is 2. The van der Waals surface area contributed by atoms with Gasteiger partial charge in [0.2, 0.25) is 0 Å². The quantitative estimate of drug-likeness (QED) is 0.231. The van der Waals surface area contributed by atoms with E-state index in [9.17, 15) is 24.9 Å². The van der Waals surface area contributed by atoms with Crippen molar-refractivity contribution in [3.63, 3.8) is 0 Å². The van der Waals surface area contributed by atoms with Gasteiger partial charge in [-0.1, -0.05) is 78.4 Å². The van der Waals surface area contributed by atoms with Crippen molar-refractivity contribution in [1.82, 2.24) is 0 Å². The second-order valence-corrected chi connectivity index (χ2v) is 12.6. The molecule has 0 radical (unpaired) electrons. The van der Waals surface area contributed by atoms with Crippen LogP contribution < -0.4 is 0 Å². The van der Waals surface area contributed by atoms with Crippen molar-refractivity contribution in [3.8, 4) is 0 Å². The third-order valence-corrected chi connectivity index (χ3v) is 10.1. The Morgan fingerprint density at radius 2 is 1.72 bits per heavy atom. The van der Waals surface area contributed by atoms with Crippen molar-refractivity contribution in [2.75, 3.05) is 6.61 Å². The molecule has 3 N–H and O–H groups in total. The Bertz CT molecular complexity index is 934. The van der Waals surface area contributed by atoms with Crippen molar-refractivity contribution in [2.24, 2.45) is 34.5 Å². The highest BCUT2D eigenvalue weighted by Gasteiger charge is 2.75. The number of unbranched alkanes of at least 4 members (excludes halogenated alkanes) is 6. The second-order valence-electron chi connectivity index (χ2n) is 12.6. The molecule has 0 unspecified atom stereocenters. The molecule has 0 aromatic carbocycles. The summed E-state index contributed by atoms with van der Waals surface area (Å²) in [7, 11) is 0. The van der Waals surface area contributed by atoms with E-state index in [2.05, 4.69) is 20.8 Å². The molecule has 1 spiro atoms. The third-order valence-electron chi connectivity index (χ3n) is 10.1. The molecule has 2 bridgehead atoms. The van der Waals surface area contributed by atoms with Crippen molar-refractivity contribution in [2.45, 2.75) is 110 Å². The summed E-state index contributed by atoms with van der Waals surface area (Å²) in [5.41, 5.74) is -2.65. The lowest BCUT2D eigenvalue weighted by Crippen LogP contribution is -2.65. The van der Waals surface area contributed by atoms with Crippen LogP contribution in [0, 0.1) is 34.5 Å². The molecule has 0 aliphatic heterocycles. The summed E-state index contributed by atoms with van der Waals surface area (Å²) in [4.78, 5) is 26.7. The maximum Gasteiger partial charge on any atom is 0.306 e. The number of fused-ring (bicyclic) bond motifs is 3. The predicted octanol–water partition coefficient (Wildman–Crippen LogP) is 4.51. The summed E-state index contributed by atoms with van der Waals surface area (Å²) in [6.07, 6.45) is 9.39. The number of ether oxygens (including phenoxy) is 1. The van der Waals surface area contributed by atoms with Gasteiger partial charge in [-0.05, 0) is 54.1 Å². The van der Waals surface area contributed by atoms with Crippen LogP contribution in [0.2, 0.25) is 0 Å². The Morgan fingerprint density at radius 1 is 1.08 bits per heavy atom. The molecule has 2 fully saturated rings. The normalized spacial score (nSPS) is 40.4. The van der Waals surface area contributed by atoms with Gasteiger partial charge in [0.25, 0.3) is 0 Å². The highest BCUT2D eigenvalue weighted by Crippen LogP contribution is 2.71. The van der Waals surface area contributed by atoms with Crippen LogP contribution in [-0.2, 0) is 14.3 Å². The number of hydrogen-bond donors (Lipinski definition) is 3. The fraction of sp³-hybridized carbons (Fsp3) is 0.800. The Labute approximate surface area is 216 Å².